The number of anilines is 2. The second-order valence-electron chi connectivity index (χ2n) is 7.57. The second kappa shape index (κ2) is 9.73. The number of fused-ring (bicyclic) bond motifs is 1. The van der Waals surface area contributed by atoms with E-state index in [-0.39, 0.29) is 11.8 Å². The van der Waals surface area contributed by atoms with Crippen molar-refractivity contribution in [3.8, 4) is 0 Å². The minimum Gasteiger partial charge on any atom is -0.379 e. The predicted octanol–water partition coefficient (Wildman–Crippen LogP) is 1.50. The lowest BCUT2D eigenvalue weighted by Crippen LogP contribution is -2.56. The molecule has 158 valence electrons. The molecule has 2 heterocycles. The highest BCUT2D eigenvalue weighted by atomic mass is 16.5. The van der Waals surface area contributed by atoms with E-state index in [9.17, 15) is 9.59 Å². The first-order valence-electron chi connectivity index (χ1n) is 10.5. The molecule has 2 aliphatic rings. The van der Waals surface area contributed by atoms with Crippen LogP contribution in [-0.4, -0.2) is 68.7 Å². The van der Waals surface area contributed by atoms with Gasteiger partial charge in [0, 0.05) is 32.7 Å². The average Bonchev–Trinajstić information content (AvgIpc) is 2.79. The Bertz CT molecular complexity index is 868. The molecule has 7 nitrogen and oxygen atoms in total. The third-order valence-electron chi connectivity index (χ3n) is 5.57. The van der Waals surface area contributed by atoms with Crippen molar-refractivity contribution in [1.29, 1.82) is 0 Å². The van der Waals surface area contributed by atoms with Crippen LogP contribution in [-0.2, 0) is 20.7 Å². The molecule has 1 saturated heterocycles. The van der Waals surface area contributed by atoms with Crippen molar-refractivity contribution in [1.82, 2.24) is 10.2 Å². The fraction of sp³-hybridized carbons (Fsp3) is 0.391. The van der Waals surface area contributed by atoms with Gasteiger partial charge in [0.25, 0.3) is 11.8 Å². The van der Waals surface area contributed by atoms with Crippen LogP contribution in [0.2, 0.25) is 0 Å². The molecule has 1 atom stereocenters. The largest absolute Gasteiger partial charge is 0.379 e. The SMILES string of the molecule is O=C(NCCc1ccccc1)C1Nc2ccccc2N(CCN2CCOCC2)C1=O. The fourth-order valence-corrected chi connectivity index (χ4v) is 3.87. The molecular formula is C23H28N4O3. The van der Waals surface area contributed by atoms with Crippen LogP contribution in [0, 0.1) is 0 Å². The van der Waals surface area contributed by atoms with Crippen LogP contribution in [0.5, 0.6) is 0 Å². The van der Waals surface area contributed by atoms with E-state index in [4.69, 9.17) is 4.74 Å². The number of carbonyl (C=O) groups is 2. The lowest BCUT2D eigenvalue weighted by atomic mass is 10.1. The van der Waals surface area contributed by atoms with Crippen molar-refractivity contribution in [2.45, 2.75) is 12.5 Å². The Morgan fingerprint density at radius 1 is 1.03 bits per heavy atom. The van der Waals surface area contributed by atoms with Crippen LogP contribution >= 0.6 is 0 Å². The number of hydrogen-bond acceptors (Lipinski definition) is 5. The van der Waals surface area contributed by atoms with E-state index in [2.05, 4.69) is 15.5 Å². The molecule has 1 unspecified atom stereocenters. The molecule has 0 saturated carbocycles. The lowest BCUT2D eigenvalue weighted by molar-refractivity contribution is -0.129. The zero-order valence-corrected chi connectivity index (χ0v) is 17.0. The molecule has 2 aromatic rings. The Hall–Kier alpha value is -2.90. The third kappa shape index (κ3) is 4.80. The molecule has 0 spiro atoms. The normalized spacial score (nSPS) is 19.1. The van der Waals surface area contributed by atoms with E-state index in [0.29, 0.717) is 13.1 Å². The molecular weight excluding hydrogens is 380 g/mol. The third-order valence-corrected chi connectivity index (χ3v) is 5.57. The van der Waals surface area contributed by atoms with Gasteiger partial charge < -0.3 is 20.3 Å². The van der Waals surface area contributed by atoms with Crippen LogP contribution in [0.3, 0.4) is 0 Å². The molecule has 7 heteroatoms. The molecule has 2 N–H and O–H groups in total. The number of para-hydroxylation sites is 2. The summed E-state index contributed by atoms with van der Waals surface area (Å²) in [4.78, 5) is 30.0. The molecule has 1 fully saturated rings. The number of benzene rings is 2. The van der Waals surface area contributed by atoms with Gasteiger partial charge in [-0.1, -0.05) is 42.5 Å². The maximum atomic E-state index is 13.2. The molecule has 30 heavy (non-hydrogen) atoms. The summed E-state index contributed by atoms with van der Waals surface area (Å²) < 4.78 is 5.40. The maximum Gasteiger partial charge on any atom is 0.259 e. The van der Waals surface area contributed by atoms with Gasteiger partial charge in [0.05, 0.1) is 24.6 Å². The van der Waals surface area contributed by atoms with E-state index in [1.54, 1.807) is 4.90 Å². The topological polar surface area (TPSA) is 73.9 Å². The molecule has 2 amide bonds. The van der Waals surface area contributed by atoms with Gasteiger partial charge in [0.15, 0.2) is 6.04 Å². The standard InChI is InChI=1S/C23H28N4O3/c28-22(24-11-10-18-6-2-1-3-7-18)21-23(29)27(13-12-26-14-16-30-17-15-26)20-9-5-4-8-19(20)25-21/h1-9,21,25H,10-17H2,(H,24,28). The van der Waals surface area contributed by atoms with E-state index in [0.717, 1.165) is 56.2 Å². The number of morpholine rings is 1. The Morgan fingerprint density at radius 3 is 2.57 bits per heavy atom. The van der Waals surface area contributed by atoms with Crippen molar-refractivity contribution < 1.29 is 14.3 Å². The van der Waals surface area contributed by atoms with Crippen molar-refractivity contribution in [3.63, 3.8) is 0 Å². The highest BCUT2D eigenvalue weighted by Crippen LogP contribution is 2.31. The molecule has 0 radical (unpaired) electrons. The minimum absolute atomic E-state index is 0.209. The summed E-state index contributed by atoms with van der Waals surface area (Å²) in [6, 6.07) is 16.7. The highest BCUT2D eigenvalue weighted by molar-refractivity contribution is 6.16. The first kappa shape index (κ1) is 20.4. The molecule has 0 aromatic heterocycles. The number of amides is 2. The number of hydrogen-bond donors (Lipinski definition) is 2. The average molecular weight is 409 g/mol. The Morgan fingerprint density at radius 2 is 1.77 bits per heavy atom. The molecule has 2 aliphatic heterocycles. The molecule has 2 aromatic carbocycles. The molecule has 4 rings (SSSR count). The highest BCUT2D eigenvalue weighted by Gasteiger charge is 2.36. The maximum absolute atomic E-state index is 13.2. The first-order valence-corrected chi connectivity index (χ1v) is 10.5. The van der Waals surface area contributed by atoms with Gasteiger partial charge in [-0.2, -0.15) is 0 Å². The monoisotopic (exact) mass is 408 g/mol. The van der Waals surface area contributed by atoms with E-state index in [1.165, 1.54) is 0 Å². The van der Waals surface area contributed by atoms with Crippen LogP contribution < -0.4 is 15.5 Å². The first-order chi connectivity index (χ1) is 14.7. The predicted molar refractivity (Wildman–Crippen MR) is 117 cm³/mol. The number of rotatable bonds is 7. The quantitative estimate of drug-likeness (QED) is 0.680. The summed E-state index contributed by atoms with van der Waals surface area (Å²) in [5.74, 6) is -0.499. The second-order valence-corrected chi connectivity index (χ2v) is 7.57. The summed E-state index contributed by atoms with van der Waals surface area (Å²) in [5, 5.41) is 6.04. The van der Waals surface area contributed by atoms with Gasteiger partial charge in [0.1, 0.15) is 0 Å². The summed E-state index contributed by atoms with van der Waals surface area (Å²) in [6.45, 7) is 4.97. The van der Waals surface area contributed by atoms with Gasteiger partial charge in [-0.3, -0.25) is 14.5 Å². The summed E-state index contributed by atoms with van der Waals surface area (Å²) in [5.41, 5.74) is 2.78. The molecule has 0 aliphatic carbocycles. The zero-order chi connectivity index (χ0) is 20.8. The van der Waals surface area contributed by atoms with Gasteiger partial charge in [-0.25, -0.2) is 0 Å². The van der Waals surface area contributed by atoms with Crippen LogP contribution in [0.1, 0.15) is 5.56 Å². The van der Waals surface area contributed by atoms with Crippen molar-refractivity contribution >= 4 is 23.2 Å². The van der Waals surface area contributed by atoms with E-state index in [1.807, 2.05) is 54.6 Å². The summed E-state index contributed by atoms with van der Waals surface area (Å²) in [7, 11) is 0. The minimum atomic E-state index is -0.916. The number of ether oxygens (including phenoxy) is 1. The number of carbonyl (C=O) groups excluding carboxylic acids is 2. The van der Waals surface area contributed by atoms with Gasteiger partial charge in [-0.15, -0.1) is 0 Å². The van der Waals surface area contributed by atoms with Gasteiger partial charge in [0.2, 0.25) is 0 Å². The van der Waals surface area contributed by atoms with Gasteiger partial charge in [-0.05, 0) is 24.1 Å². The van der Waals surface area contributed by atoms with Crippen molar-refractivity contribution in [3.05, 3.63) is 60.2 Å². The van der Waals surface area contributed by atoms with E-state index < -0.39 is 6.04 Å². The zero-order valence-electron chi connectivity index (χ0n) is 17.0. The van der Waals surface area contributed by atoms with Gasteiger partial charge >= 0.3 is 0 Å². The number of nitrogens with zero attached hydrogens (tertiary/aromatic N) is 2. The van der Waals surface area contributed by atoms with Crippen LogP contribution in [0.4, 0.5) is 11.4 Å². The Kier molecular flexibility index (Phi) is 6.61. The lowest BCUT2D eigenvalue weighted by Gasteiger charge is -2.36. The molecule has 0 bridgehead atoms. The smallest absolute Gasteiger partial charge is 0.259 e. The fourth-order valence-electron chi connectivity index (χ4n) is 3.87. The van der Waals surface area contributed by atoms with Crippen molar-refractivity contribution in [2.75, 3.05) is 56.2 Å². The van der Waals surface area contributed by atoms with Crippen LogP contribution in [0.25, 0.3) is 0 Å². The number of nitrogens with one attached hydrogen (secondary N) is 2. The summed E-state index contributed by atoms with van der Waals surface area (Å²) in [6.07, 6.45) is 0.727. The summed E-state index contributed by atoms with van der Waals surface area (Å²) >= 11 is 0. The van der Waals surface area contributed by atoms with E-state index >= 15 is 0 Å². The van der Waals surface area contributed by atoms with Crippen LogP contribution in [0.15, 0.2) is 54.6 Å². The van der Waals surface area contributed by atoms with Crippen molar-refractivity contribution in [2.24, 2.45) is 0 Å². The Labute approximate surface area is 177 Å². The Balaban J connectivity index is 1.40.